The molecule has 27 heavy (non-hydrogen) atoms. The number of ether oxygens (including phenoxy) is 1. The second-order valence-corrected chi connectivity index (χ2v) is 7.07. The number of benzene rings is 1. The van der Waals surface area contributed by atoms with Gasteiger partial charge in [-0.3, -0.25) is 20.4 Å². The smallest absolute Gasteiger partial charge is 0.239 e. The maximum atomic E-state index is 12.5. The van der Waals surface area contributed by atoms with Gasteiger partial charge in [0, 0.05) is 42.9 Å². The van der Waals surface area contributed by atoms with Crippen molar-refractivity contribution >= 4 is 22.6 Å². The van der Waals surface area contributed by atoms with Gasteiger partial charge >= 0.3 is 0 Å². The first-order chi connectivity index (χ1) is 13.0. The minimum atomic E-state index is -0.0649. The number of methoxy groups -OCH3 is 1. The van der Waals surface area contributed by atoms with E-state index in [0.29, 0.717) is 18.7 Å². The van der Waals surface area contributed by atoms with Crippen LogP contribution in [0.25, 0.3) is 10.9 Å². The van der Waals surface area contributed by atoms with Gasteiger partial charge in [0.15, 0.2) is 5.78 Å². The summed E-state index contributed by atoms with van der Waals surface area (Å²) in [7, 11) is 1.68. The number of fused-ring (bicyclic) bond motifs is 1. The molecule has 7 heteroatoms. The van der Waals surface area contributed by atoms with Crippen LogP contribution in [0.15, 0.2) is 24.4 Å². The SMILES string of the molecule is CCc1cccc2c(C(C)=O)cn(CC(=O)NCC3CC(COC)NN3)c12. The minimum absolute atomic E-state index is 0.0119. The molecule has 1 aliphatic rings. The van der Waals surface area contributed by atoms with E-state index < -0.39 is 0 Å². The number of amides is 1. The van der Waals surface area contributed by atoms with Gasteiger partial charge in [0.2, 0.25) is 5.91 Å². The van der Waals surface area contributed by atoms with E-state index in [1.807, 2.05) is 22.8 Å². The second kappa shape index (κ2) is 8.65. The Hall–Kier alpha value is -2.22. The molecule has 1 amide bonds. The lowest BCUT2D eigenvalue weighted by Gasteiger charge is -2.12. The van der Waals surface area contributed by atoms with Gasteiger partial charge in [0.25, 0.3) is 0 Å². The van der Waals surface area contributed by atoms with E-state index in [-0.39, 0.29) is 30.3 Å². The summed E-state index contributed by atoms with van der Waals surface area (Å²) in [5.74, 6) is -0.0530. The molecule has 7 nitrogen and oxygen atoms in total. The quantitative estimate of drug-likeness (QED) is 0.610. The molecular weight excluding hydrogens is 344 g/mol. The number of rotatable bonds is 8. The predicted octanol–water partition coefficient (Wildman–Crippen LogP) is 1.40. The lowest BCUT2D eigenvalue weighted by Crippen LogP contribution is -2.41. The summed E-state index contributed by atoms with van der Waals surface area (Å²) < 4.78 is 7.04. The summed E-state index contributed by atoms with van der Waals surface area (Å²) >= 11 is 0. The van der Waals surface area contributed by atoms with E-state index in [4.69, 9.17) is 4.74 Å². The number of hydrazine groups is 1. The van der Waals surface area contributed by atoms with E-state index in [2.05, 4.69) is 23.1 Å². The highest BCUT2D eigenvalue weighted by molar-refractivity contribution is 6.07. The third-order valence-corrected chi connectivity index (χ3v) is 5.03. The van der Waals surface area contributed by atoms with Crippen LogP contribution in [0.2, 0.25) is 0 Å². The first kappa shape index (κ1) is 19.5. The summed E-state index contributed by atoms with van der Waals surface area (Å²) in [6.45, 7) is 5.02. The Morgan fingerprint density at radius 1 is 1.30 bits per heavy atom. The number of hydrogen-bond donors (Lipinski definition) is 3. The first-order valence-corrected chi connectivity index (χ1v) is 9.41. The molecule has 1 saturated heterocycles. The second-order valence-electron chi connectivity index (χ2n) is 7.07. The van der Waals surface area contributed by atoms with Crippen LogP contribution in [-0.2, 0) is 22.5 Å². The van der Waals surface area contributed by atoms with Crippen molar-refractivity contribution < 1.29 is 14.3 Å². The molecule has 0 bridgehead atoms. The molecule has 1 aromatic heterocycles. The van der Waals surface area contributed by atoms with E-state index in [1.54, 1.807) is 20.2 Å². The maximum Gasteiger partial charge on any atom is 0.239 e. The molecule has 0 radical (unpaired) electrons. The average molecular weight is 372 g/mol. The van der Waals surface area contributed by atoms with Gasteiger partial charge in [0.05, 0.1) is 12.1 Å². The molecule has 2 heterocycles. The summed E-state index contributed by atoms with van der Waals surface area (Å²) in [4.78, 5) is 24.5. The molecule has 2 atom stereocenters. The molecule has 0 aliphatic carbocycles. The fourth-order valence-electron chi connectivity index (χ4n) is 3.72. The van der Waals surface area contributed by atoms with Crippen molar-refractivity contribution in [3.8, 4) is 0 Å². The number of nitrogens with one attached hydrogen (secondary N) is 3. The number of aryl methyl sites for hydroxylation is 1. The Morgan fingerprint density at radius 3 is 2.78 bits per heavy atom. The molecule has 1 aliphatic heterocycles. The highest BCUT2D eigenvalue weighted by Gasteiger charge is 2.24. The van der Waals surface area contributed by atoms with Gasteiger partial charge in [-0.05, 0) is 25.3 Å². The monoisotopic (exact) mass is 372 g/mol. The highest BCUT2D eigenvalue weighted by Crippen LogP contribution is 2.25. The number of nitrogens with zero attached hydrogens (tertiary/aromatic N) is 1. The third-order valence-electron chi connectivity index (χ3n) is 5.03. The number of hydrogen-bond acceptors (Lipinski definition) is 5. The zero-order chi connectivity index (χ0) is 19.4. The number of aromatic nitrogens is 1. The highest BCUT2D eigenvalue weighted by atomic mass is 16.5. The Kier molecular flexibility index (Phi) is 6.26. The number of carbonyl (C=O) groups is 2. The van der Waals surface area contributed by atoms with Crippen LogP contribution in [-0.4, -0.2) is 48.6 Å². The van der Waals surface area contributed by atoms with E-state index >= 15 is 0 Å². The van der Waals surface area contributed by atoms with Crippen molar-refractivity contribution in [3.63, 3.8) is 0 Å². The summed E-state index contributed by atoms with van der Waals surface area (Å²) in [5.41, 5.74) is 9.12. The van der Waals surface area contributed by atoms with E-state index in [0.717, 1.165) is 29.3 Å². The molecule has 0 spiro atoms. The summed E-state index contributed by atoms with van der Waals surface area (Å²) in [5, 5.41) is 3.90. The average Bonchev–Trinajstić information content (AvgIpc) is 3.25. The van der Waals surface area contributed by atoms with E-state index in [9.17, 15) is 9.59 Å². The molecule has 2 aromatic rings. The topological polar surface area (TPSA) is 84.4 Å². The van der Waals surface area contributed by atoms with Gasteiger partial charge in [-0.2, -0.15) is 0 Å². The van der Waals surface area contributed by atoms with Gasteiger partial charge in [-0.1, -0.05) is 25.1 Å². The lowest BCUT2D eigenvalue weighted by molar-refractivity contribution is -0.121. The van der Waals surface area contributed by atoms with Gasteiger partial charge in [0.1, 0.15) is 6.54 Å². The van der Waals surface area contributed by atoms with Crippen molar-refractivity contribution in [1.29, 1.82) is 0 Å². The van der Waals surface area contributed by atoms with Crippen molar-refractivity contribution in [2.24, 2.45) is 0 Å². The molecule has 3 rings (SSSR count). The number of carbonyl (C=O) groups excluding carboxylic acids is 2. The Labute approximate surface area is 159 Å². The standard InChI is InChI=1S/C20H28N4O3/c1-4-14-6-5-7-17-18(13(2)25)10-24(20(14)17)11-19(26)21-9-15-8-16(12-27-3)23-22-15/h5-7,10,15-16,22-23H,4,8-9,11-12H2,1-3H3,(H,21,26). The predicted molar refractivity (Wildman–Crippen MR) is 105 cm³/mol. The van der Waals surface area contributed by atoms with Crippen LogP contribution in [0.5, 0.6) is 0 Å². The zero-order valence-electron chi connectivity index (χ0n) is 16.2. The summed E-state index contributed by atoms with van der Waals surface area (Å²) in [6.07, 6.45) is 3.55. The number of ketones is 1. The largest absolute Gasteiger partial charge is 0.383 e. The lowest BCUT2D eigenvalue weighted by atomic mass is 10.1. The van der Waals surface area contributed by atoms with Crippen LogP contribution in [0, 0.1) is 0 Å². The number of Topliss-reactive ketones (excluding diaryl/α,β-unsaturated/α-hetero) is 1. The van der Waals surface area contributed by atoms with Crippen molar-refractivity contribution in [3.05, 3.63) is 35.5 Å². The van der Waals surface area contributed by atoms with Crippen molar-refractivity contribution in [2.75, 3.05) is 20.3 Å². The molecule has 2 unspecified atom stereocenters. The molecule has 1 aromatic carbocycles. The summed E-state index contributed by atoms with van der Waals surface area (Å²) in [6, 6.07) is 6.40. The van der Waals surface area contributed by atoms with Crippen LogP contribution >= 0.6 is 0 Å². The Morgan fingerprint density at radius 2 is 2.07 bits per heavy atom. The molecular formula is C20H28N4O3. The van der Waals surface area contributed by atoms with Crippen LogP contribution in [0.3, 0.4) is 0 Å². The van der Waals surface area contributed by atoms with E-state index in [1.165, 1.54) is 0 Å². The fraction of sp³-hybridized carbons (Fsp3) is 0.500. The first-order valence-electron chi connectivity index (χ1n) is 9.41. The zero-order valence-corrected chi connectivity index (χ0v) is 16.2. The number of para-hydroxylation sites is 1. The van der Waals surface area contributed by atoms with Gasteiger partial charge in [-0.25, -0.2) is 0 Å². The van der Waals surface area contributed by atoms with Crippen LogP contribution < -0.4 is 16.2 Å². The van der Waals surface area contributed by atoms with Gasteiger partial charge < -0.3 is 14.6 Å². The normalized spacial score (nSPS) is 19.5. The minimum Gasteiger partial charge on any atom is -0.383 e. The third kappa shape index (κ3) is 4.37. The Bertz CT molecular complexity index is 830. The van der Waals surface area contributed by atoms with Crippen LogP contribution in [0.4, 0.5) is 0 Å². The van der Waals surface area contributed by atoms with Crippen molar-refractivity contribution in [1.82, 2.24) is 20.7 Å². The molecule has 1 fully saturated rings. The molecule has 3 N–H and O–H groups in total. The maximum absolute atomic E-state index is 12.5. The molecule has 146 valence electrons. The van der Waals surface area contributed by atoms with Crippen LogP contribution in [0.1, 0.15) is 36.2 Å². The van der Waals surface area contributed by atoms with Crippen molar-refractivity contribution in [2.45, 2.75) is 45.3 Å². The fourth-order valence-corrected chi connectivity index (χ4v) is 3.72. The molecule has 0 saturated carbocycles. The van der Waals surface area contributed by atoms with Gasteiger partial charge in [-0.15, -0.1) is 0 Å². The Balaban J connectivity index is 1.69.